The normalized spacial score (nSPS) is 10.3. The van der Waals surface area contributed by atoms with E-state index >= 15 is 0 Å². The van der Waals surface area contributed by atoms with Crippen LogP contribution in [0.5, 0.6) is 0 Å². The molecule has 2 N–H and O–H groups in total. The second-order valence-electron chi connectivity index (χ2n) is 5.14. The van der Waals surface area contributed by atoms with Crippen molar-refractivity contribution in [3.8, 4) is 0 Å². The zero-order chi connectivity index (χ0) is 18.1. The van der Waals surface area contributed by atoms with Crippen LogP contribution >= 0.6 is 35.0 Å². The summed E-state index contributed by atoms with van der Waals surface area (Å²) >= 11 is 13.4. The predicted molar refractivity (Wildman–Crippen MR) is 105 cm³/mol. The van der Waals surface area contributed by atoms with Crippen molar-refractivity contribution in [1.29, 1.82) is 0 Å². The highest BCUT2D eigenvalue weighted by Crippen LogP contribution is 2.11. The van der Waals surface area contributed by atoms with Crippen molar-refractivity contribution in [3.63, 3.8) is 0 Å². The summed E-state index contributed by atoms with van der Waals surface area (Å²) < 4.78 is 0. The van der Waals surface area contributed by atoms with Gasteiger partial charge in [0.25, 0.3) is 11.8 Å². The number of carbonyl (C=O) groups is 2. The third-order valence-corrected chi connectivity index (χ3v) is 4.69. The number of amides is 2. The molecule has 0 aliphatic heterocycles. The fraction of sp³-hybridized carbons (Fsp3) is 0.222. The number of hydrogen-bond donors (Lipinski definition) is 2. The van der Waals surface area contributed by atoms with E-state index in [-0.39, 0.29) is 11.8 Å². The number of thioether (sulfide) groups is 1. The zero-order valence-electron chi connectivity index (χ0n) is 13.4. The lowest BCUT2D eigenvalue weighted by Crippen LogP contribution is -2.27. The van der Waals surface area contributed by atoms with Crippen LogP contribution < -0.4 is 10.6 Å². The van der Waals surface area contributed by atoms with Crippen molar-refractivity contribution >= 4 is 46.8 Å². The van der Waals surface area contributed by atoms with Crippen LogP contribution in [0.25, 0.3) is 0 Å². The van der Waals surface area contributed by atoms with Gasteiger partial charge in [-0.05, 0) is 36.4 Å². The highest BCUT2D eigenvalue weighted by Gasteiger charge is 2.06. The van der Waals surface area contributed by atoms with Crippen molar-refractivity contribution in [2.75, 3.05) is 24.6 Å². The fourth-order valence-corrected chi connectivity index (χ4v) is 3.12. The zero-order valence-corrected chi connectivity index (χ0v) is 15.8. The highest BCUT2D eigenvalue weighted by molar-refractivity contribution is 7.99. The Labute approximate surface area is 161 Å². The van der Waals surface area contributed by atoms with Crippen molar-refractivity contribution < 1.29 is 9.59 Å². The summed E-state index contributed by atoms with van der Waals surface area (Å²) in [6.07, 6.45) is 0. The number of benzene rings is 2. The molecule has 2 aromatic carbocycles. The molecule has 0 saturated carbocycles. The Morgan fingerprint density at radius 2 is 1.24 bits per heavy atom. The molecule has 0 radical (unpaired) electrons. The van der Waals surface area contributed by atoms with Crippen LogP contribution in [-0.4, -0.2) is 36.4 Å². The van der Waals surface area contributed by atoms with Crippen LogP contribution in [0.1, 0.15) is 20.7 Å². The van der Waals surface area contributed by atoms with Gasteiger partial charge in [-0.2, -0.15) is 11.8 Å². The second kappa shape index (κ2) is 10.3. The molecule has 2 amide bonds. The van der Waals surface area contributed by atoms with Crippen LogP contribution in [0.2, 0.25) is 10.0 Å². The molecule has 0 heterocycles. The summed E-state index contributed by atoms with van der Waals surface area (Å²) in [5, 5.41) is 6.75. The number of halogens is 2. The third kappa shape index (κ3) is 6.98. The van der Waals surface area contributed by atoms with Gasteiger partial charge in [-0.25, -0.2) is 0 Å². The highest BCUT2D eigenvalue weighted by atomic mass is 35.5. The number of nitrogens with one attached hydrogen (secondary N) is 2. The Morgan fingerprint density at radius 3 is 1.64 bits per heavy atom. The monoisotopic (exact) mass is 396 g/mol. The summed E-state index contributed by atoms with van der Waals surface area (Å²) in [4.78, 5) is 23.8. The van der Waals surface area contributed by atoms with Crippen molar-refractivity contribution in [3.05, 3.63) is 69.7 Å². The molecule has 7 heteroatoms. The molecular formula is C18H18Cl2N2O2S. The second-order valence-corrected chi connectivity index (χ2v) is 7.24. The molecule has 4 nitrogen and oxygen atoms in total. The molecule has 0 atom stereocenters. The van der Waals surface area contributed by atoms with Crippen molar-refractivity contribution in [1.82, 2.24) is 10.6 Å². The first-order valence-electron chi connectivity index (χ1n) is 7.71. The Kier molecular flexibility index (Phi) is 8.12. The van der Waals surface area contributed by atoms with Crippen molar-refractivity contribution in [2.24, 2.45) is 0 Å². The summed E-state index contributed by atoms with van der Waals surface area (Å²) in [5.74, 6) is 1.24. The molecule has 2 aromatic rings. The quantitative estimate of drug-likeness (QED) is 0.665. The molecule has 0 fully saturated rings. The van der Waals surface area contributed by atoms with Crippen LogP contribution in [0.4, 0.5) is 0 Å². The van der Waals surface area contributed by atoms with E-state index in [9.17, 15) is 9.59 Å². The van der Waals surface area contributed by atoms with E-state index < -0.39 is 0 Å². The van der Waals surface area contributed by atoms with Gasteiger partial charge in [0, 0.05) is 45.8 Å². The first-order chi connectivity index (χ1) is 12.1. The van der Waals surface area contributed by atoms with Crippen LogP contribution in [-0.2, 0) is 0 Å². The van der Waals surface area contributed by atoms with E-state index in [2.05, 4.69) is 10.6 Å². The lowest BCUT2D eigenvalue weighted by Gasteiger charge is -2.07. The maximum absolute atomic E-state index is 11.9. The maximum Gasteiger partial charge on any atom is 0.251 e. The summed E-state index contributed by atoms with van der Waals surface area (Å²) in [7, 11) is 0. The average molecular weight is 397 g/mol. The SMILES string of the molecule is O=C(NCCSCCNC(=O)c1cccc(Cl)c1)c1cccc(Cl)c1. The van der Waals surface area contributed by atoms with Gasteiger partial charge in [-0.3, -0.25) is 9.59 Å². The summed E-state index contributed by atoms with van der Waals surface area (Å²) in [5.41, 5.74) is 1.09. The Bertz CT molecular complexity index is 679. The molecule has 0 aliphatic rings. The van der Waals surface area contributed by atoms with Gasteiger partial charge < -0.3 is 10.6 Å². The topological polar surface area (TPSA) is 58.2 Å². The molecule has 0 saturated heterocycles. The van der Waals surface area contributed by atoms with Gasteiger partial charge in [0.05, 0.1) is 0 Å². The van der Waals surface area contributed by atoms with Crippen LogP contribution in [0, 0.1) is 0 Å². The van der Waals surface area contributed by atoms with Crippen LogP contribution in [0.3, 0.4) is 0 Å². The largest absolute Gasteiger partial charge is 0.351 e. The minimum atomic E-state index is -0.141. The van der Waals surface area contributed by atoms with E-state index in [1.807, 2.05) is 0 Å². The Morgan fingerprint density at radius 1 is 0.800 bits per heavy atom. The van der Waals surface area contributed by atoms with E-state index in [0.29, 0.717) is 34.3 Å². The summed E-state index contributed by atoms with van der Waals surface area (Å²) in [6, 6.07) is 13.7. The minimum Gasteiger partial charge on any atom is -0.351 e. The molecule has 25 heavy (non-hydrogen) atoms. The summed E-state index contributed by atoms with van der Waals surface area (Å²) in [6.45, 7) is 1.11. The van der Waals surface area contributed by atoms with Gasteiger partial charge in [0.15, 0.2) is 0 Å². The Hall–Kier alpha value is -1.69. The molecular weight excluding hydrogens is 379 g/mol. The first kappa shape index (κ1) is 19.6. The maximum atomic E-state index is 11.9. The molecule has 2 rings (SSSR count). The number of rotatable bonds is 8. The molecule has 0 unspecified atom stereocenters. The number of carbonyl (C=O) groups excluding carboxylic acids is 2. The van der Waals surface area contributed by atoms with Gasteiger partial charge in [-0.15, -0.1) is 0 Å². The van der Waals surface area contributed by atoms with Crippen LogP contribution in [0.15, 0.2) is 48.5 Å². The fourth-order valence-electron chi connectivity index (χ4n) is 2.04. The van der Waals surface area contributed by atoms with Crippen molar-refractivity contribution in [2.45, 2.75) is 0 Å². The van der Waals surface area contributed by atoms with E-state index in [4.69, 9.17) is 23.2 Å². The average Bonchev–Trinajstić information content (AvgIpc) is 2.60. The molecule has 0 aliphatic carbocycles. The molecule has 0 spiro atoms. The van der Waals surface area contributed by atoms with Gasteiger partial charge in [0.2, 0.25) is 0 Å². The third-order valence-electron chi connectivity index (χ3n) is 3.24. The lowest BCUT2D eigenvalue weighted by molar-refractivity contribution is 0.0948. The smallest absolute Gasteiger partial charge is 0.251 e. The standard InChI is InChI=1S/C18H18Cl2N2O2S/c19-15-5-1-3-13(11-15)17(23)21-7-9-25-10-8-22-18(24)14-4-2-6-16(20)12-14/h1-6,11-12H,7-10H2,(H,21,23)(H,22,24). The van der Waals surface area contributed by atoms with E-state index in [1.54, 1.807) is 60.3 Å². The number of hydrogen-bond acceptors (Lipinski definition) is 3. The Balaban J connectivity index is 1.58. The first-order valence-corrected chi connectivity index (χ1v) is 9.62. The molecule has 0 bridgehead atoms. The van der Waals surface area contributed by atoms with Gasteiger partial charge >= 0.3 is 0 Å². The van der Waals surface area contributed by atoms with E-state index in [0.717, 1.165) is 11.5 Å². The van der Waals surface area contributed by atoms with Gasteiger partial charge in [0.1, 0.15) is 0 Å². The predicted octanol–water partition coefficient (Wildman–Crippen LogP) is 3.89. The minimum absolute atomic E-state index is 0.141. The molecule has 0 aromatic heterocycles. The van der Waals surface area contributed by atoms with E-state index in [1.165, 1.54) is 0 Å². The lowest BCUT2D eigenvalue weighted by atomic mass is 10.2. The molecule has 132 valence electrons. The van der Waals surface area contributed by atoms with Gasteiger partial charge in [-0.1, -0.05) is 35.3 Å².